The molecule has 1 aliphatic heterocycles. The van der Waals surface area contributed by atoms with Crippen LogP contribution in [0.2, 0.25) is 0 Å². The maximum atomic E-state index is 13.4. The van der Waals surface area contributed by atoms with E-state index in [0.717, 1.165) is 29.5 Å². The van der Waals surface area contributed by atoms with Crippen molar-refractivity contribution in [2.24, 2.45) is 0 Å². The zero-order valence-electron chi connectivity index (χ0n) is 22.7. The van der Waals surface area contributed by atoms with Crippen molar-refractivity contribution in [1.82, 2.24) is 4.90 Å². The summed E-state index contributed by atoms with van der Waals surface area (Å²) in [5.41, 5.74) is 3.55. The van der Waals surface area contributed by atoms with Crippen molar-refractivity contribution in [3.05, 3.63) is 107 Å². The molecule has 0 saturated carbocycles. The van der Waals surface area contributed by atoms with Gasteiger partial charge in [0, 0.05) is 12.1 Å². The van der Waals surface area contributed by atoms with Crippen molar-refractivity contribution in [2.75, 3.05) is 13.2 Å². The second kappa shape index (κ2) is 11.7. The number of nitrogens with zero attached hydrogens (tertiary/aromatic N) is 1. The lowest BCUT2D eigenvalue weighted by molar-refractivity contribution is -0.139. The number of Topliss-reactive ketones (excluding diaryl/α,β-unsaturated/α-hetero) is 1. The summed E-state index contributed by atoms with van der Waals surface area (Å²) in [5, 5.41) is 11.4. The number of carbonyl (C=O) groups is 2. The van der Waals surface area contributed by atoms with E-state index in [9.17, 15) is 14.7 Å². The Balaban J connectivity index is 1.75. The number of aliphatic hydroxyl groups is 1. The minimum atomic E-state index is -0.683. The molecule has 0 aliphatic carbocycles. The van der Waals surface area contributed by atoms with Crippen LogP contribution in [0.3, 0.4) is 0 Å². The fourth-order valence-corrected chi connectivity index (χ4v) is 4.74. The number of unbranched alkanes of at least 4 members (excludes halogenated alkanes) is 1. The lowest BCUT2D eigenvalue weighted by Gasteiger charge is -2.26. The Hall–Kier alpha value is -3.86. The van der Waals surface area contributed by atoms with E-state index in [1.807, 2.05) is 60.7 Å². The minimum Gasteiger partial charge on any atom is -0.507 e. The first kappa shape index (κ1) is 27.2. The van der Waals surface area contributed by atoms with E-state index in [1.165, 1.54) is 0 Å². The van der Waals surface area contributed by atoms with Gasteiger partial charge in [-0.2, -0.15) is 0 Å². The third kappa shape index (κ3) is 5.99. The van der Waals surface area contributed by atoms with E-state index in [4.69, 9.17) is 4.74 Å². The first-order valence-corrected chi connectivity index (χ1v) is 13.4. The summed E-state index contributed by atoms with van der Waals surface area (Å²) in [7, 11) is 0. The number of amides is 1. The number of likely N-dealkylation sites (tertiary alicyclic amines) is 1. The molecule has 4 rings (SSSR count). The molecule has 38 heavy (non-hydrogen) atoms. The van der Waals surface area contributed by atoms with Gasteiger partial charge in [-0.15, -0.1) is 0 Å². The van der Waals surface area contributed by atoms with Crippen LogP contribution < -0.4 is 4.74 Å². The highest BCUT2D eigenvalue weighted by Crippen LogP contribution is 2.40. The Kier molecular flexibility index (Phi) is 8.35. The molecule has 1 saturated heterocycles. The Labute approximate surface area is 225 Å². The monoisotopic (exact) mass is 511 g/mol. The topological polar surface area (TPSA) is 66.8 Å². The van der Waals surface area contributed by atoms with Gasteiger partial charge in [-0.25, -0.2) is 0 Å². The van der Waals surface area contributed by atoms with Gasteiger partial charge >= 0.3 is 0 Å². The van der Waals surface area contributed by atoms with Crippen LogP contribution in [0, 0.1) is 0 Å². The summed E-state index contributed by atoms with van der Waals surface area (Å²) in [5.74, 6) is -0.830. The van der Waals surface area contributed by atoms with Gasteiger partial charge in [-0.05, 0) is 47.1 Å². The van der Waals surface area contributed by atoms with Gasteiger partial charge in [0.25, 0.3) is 11.7 Å². The molecule has 3 aromatic rings. The molecule has 1 aliphatic rings. The van der Waals surface area contributed by atoms with Gasteiger partial charge < -0.3 is 14.7 Å². The normalized spacial score (nSPS) is 17.2. The standard InChI is InChI=1S/C33H37NO4/c1-5-6-21-38-27-14-10-13-25(22-27)30(35)28-29(24-15-17-26(18-16-24)33(2,3)4)34(32(37)31(28)36)20-19-23-11-8-7-9-12-23/h7-18,22,29,35H,5-6,19-21H2,1-4H3/b30-28+. The molecule has 1 unspecified atom stereocenters. The van der Waals surface area contributed by atoms with E-state index in [0.29, 0.717) is 30.9 Å². The van der Waals surface area contributed by atoms with E-state index in [-0.39, 0.29) is 16.7 Å². The van der Waals surface area contributed by atoms with Gasteiger partial charge in [-0.1, -0.05) is 101 Å². The van der Waals surface area contributed by atoms with E-state index in [2.05, 4.69) is 27.7 Å². The quantitative estimate of drug-likeness (QED) is 0.148. The van der Waals surface area contributed by atoms with Crippen LogP contribution in [0.5, 0.6) is 5.75 Å². The number of hydrogen-bond donors (Lipinski definition) is 1. The largest absolute Gasteiger partial charge is 0.507 e. The number of benzene rings is 3. The van der Waals surface area contributed by atoms with Crippen molar-refractivity contribution < 1.29 is 19.4 Å². The van der Waals surface area contributed by atoms with Crippen molar-refractivity contribution in [3.63, 3.8) is 0 Å². The fraction of sp³-hybridized carbons (Fsp3) is 0.333. The van der Waals surface area contributed by atoms with E-state index < -0.39 is 17.7 Å². The molecular weight excluding hydrogens is 474 g/mol. The molecule has 0 spiro atoms. The maximum Gasteiger partial charge on any atom is 0.295 e. The average molecular weight is 512 g/mol. The number of ketones is 1. The SMILES string of the molecule is CCCCOc1cccc(/C(O)=C2\C(=O)C(=O)N(CCc3ccccc3)C2c2ccc(C(C)(C)C)cc2)c1. The van der Waals surface area contributed by atoms with Crippen LogP contribution >= 0.6 is 0 Å². The number of ether oxygens (including phenoxy) is 1. The summed E-state index contributed by atoms with van der Waals surface area (Å²) >= 11 is 0. The van der Waals surface area contributed by atoms with Gasteiger partial charge in [0.05, 0.1) is 18.2 Å². The second-order valence-electron chi connectivity index (χ2n) is 10.8. The van der Waals surface area contributed by atoms with Crippen molar-refractivity contribution >= 4 is 17.4 Å². The number of carbonyl (C=O) groups excluding carboxylic acids is 2. The summed E-state index contributed by atoms with van der Waals surface area (Å²) in [6.07, 6.45) is 2.54. The van der Waals surface area contributed by atoms with Gasteiger partial charge in [0.15, 0.2) is 0 Å². The summed E-state index contributed by atoms with van der Waals surface area (Å²) in [6.45, 7) is 9.45. The lowest BCUT2D eigenvalue weighted by Crippen LogP contribution is -2.31. The Morgan fingerprint density at radius 1 is 0.947 bits per heavy atom. The molecule has 1 atom stereocenters. The molecule has 1 heterocycles. The average Bonchev–Trinajstić information content (AvgIpc) is 3.17. The minimum absolute atomic E-state index is 0.0358. The van der Waals surface area contributed by atoms with Crippen molar-refractivity contribution in [3.8, 4) is 5.75 Å². The molecular formula is C33H37NO4. The van der Waals surface area contributed by atoms with Crippen molar-refractivity contribution in [2.45, 2.75) is 58.4 Å². The number of hydrogen-bond acceptors (Lipinski definition) is 4. The van der Waals surface area contributed by atoms with Gasteiger partial charge in [0.1, 0.15) is 11.5 Å². The summed E-state index contributed by atoms with van der Waals surface area (Å²) < 4.78 is 5.82. The highest BCUT2D eigenvalue weighted by atomic mass is 16.5. The molecule has 198 valence electrons. The van der Waals surface area contributed by atoms with Gasteiger partial charge in [-0.3, -0.25) is 9.59 Å². The second-order valence-corrected chi connectivity index (χ2v) is 10.8. The molecule has 3 aromatic carbocycles. The third-order valence-corrected chi connectivity index (χ3v) is 6.99. The van der Waals surface area contributed by atoms with Crippen LogP contribution in [-0.2, 0) is 21.4 Å². The first-order chi connectivity index (χ1) is 18.2. The molecule has 5 heteroatoms. The summed E-state index contributed by atoms with van der Waals surface area (Å²) in [4.78, 5) is 28.3. The first-order valence-electron chi connectivity index (χ1n) is 13.4. The Morgan fingerprint density at radius 3 is 2.32 bits per heavy atom. The number of rotatable bonds is 9. The Bertz CT molecular complexity index is 1300. The zero-order chi connectivity index (χ0) is 27.3. The predicted molar refractivity (Wildman–Crippen MR) is 151 cm³/mol. The number of aliphatic hydroxyl groups excluding tert-OH is 1. The molecule has 1 amide bonds. The molecule has 0 aromatic heterocycles. The zero-order valence-corrected chi connectivity index (χ0v) is 22.7. The summed E-state index contributed by atoms with van der Waals surface area (Å²) in [6, 6.07) is 24.3. The van der Waals surface area contributed by atoms with Crippen LogP contribution in [0.15, 0.2) is 84.4 Å². The molecule has 1 fully saturated rings. The third-order valence-electron chi connectivity index (χ3n) is 6.99. The molecule has 0 radical (unpaired) electrons. The van der Waals surface area contributed by atoms with Crippen LogP contribution in [0.4, 0.5) is 0 Å². The van der Waals surface area contributed by atoms with E-state index in [1.54, 1.807) is 23.1 Å². The van der Waals surface area contributed by atoms with Crippen LogP contribution in [0.1, 0.15) is 68.8 Å². The molecule has 0 bridgehead atoms. The molecule has 1 N–H and O–H groups in total. The predicted octanol–water partition coefficient (Wildman–Crippen LogP) is 6.83. The van der Waals surface area contributed by atoms with E-state index >= 15 is 0 Å². The van der Waals surface area contributed by atoms with Crippen LogP contribution in [0.25, 0.3) is 5.76 Å². The maximum absolute atomic E-state index is 13.4. The highest BCUT2D eigenvalue weighted by molar-refractivity contribution is 6.46. The van der Waals surface area contributed by atoms with Gasteiger partial charge in [0.2, 0.25) is 0 Å². The lowest BCUT2D eigenvalue weighted by atomic mass is 9.85. The molecule has 5 nitrogen and oxygen atoms in total. The van der Waals surface area contributed by atoms with Crippen molar-refractivity contribution in [1.29, 1.82) is 0 Å². The fourth-order valence-electron chi connectivity index (χ4n) is 4.74. The smallest absolute Gasteiger partial charge is 0.295 e. The Morgan fingerprint density at radius 2 is 1.66 bits per heavy atom. The highest BCUT2D eigenvalue weighted by Gasteiger charge is 2.45. The van der Waals surface area contributed by atoms with Crippen LogP contribution in [-0.4, -0.2) is 34.8 Å².